The van der Waals surface area contributed by atoms with E-state index < -0.39 is 5.91 Å². The molecule has 160 valence electrons. The topological polar surface area (TPSA) is 143 Å². The Morgan fingerprint density at radius 2 is 1.83 bits per heavy atom. The Hall–Kier alpha value is -2.37. The summed E-state index contributed by atoms with van der Waals surface area (Å²) in [5, 5.41) is 5.77. The number of nitrogens with zero attached hydrogens (tertiary/aromatic N) is 2. The predicted molar refractivity (Wildman–Crippen MR) is 122 cm³/mol. The van der Waals surface area contributed by atoms with Crippen LogP contribution in [0.3, 0.4) is 0 Å². The van der Waals surface area contributed by atoms with E-state index in [1.807, 2.05) is 12.1 Å². The standard InChI is InChI=1S/C19H28N6O3.HI/c1-22-19(25-8-2-3-14(12-25)9-16(20)26)24-10-13-4-6-15(7-5-13)18(28)23-11-17(21)27;/h4-7,14H,2-3,8-12H2,1H3,(H2,20,26)(H2,21,27)(H,22,24)(H,23,28);1H. The van der Waals surface area contributed by atoms with Crippen molar-refractivity contribution in [3.63, 3.8) is 0 Å². The highest BCUT2D eigenvalue weighted by atomic mass is 127. The van der Waals surface area contributed by atoms with Crippen LogP contribution < -0.4 is 22.1 Å². The molecule has 0 aromatic heterocycles. The number of hydrogen-bond acceptors (Lipinski definition) is 4. The number of carbonyl (C=O) groups excluding carboxylic acids is 3. The molecule has 1 aliphatic rings. The fraction of sp³-hybridized carbons (Fsp3) is 0.474. The average molecular weight is 516 g/mol. The molecule has 1 atom stereocenters. The maximum absolute atomic E-state index is 11.9. The Labute approximate surface area is 187 Å². The second-order valence-electron chi connectivity index (χ2n) is 6.87. The number of halogens is 1. The lowest BCUT2D eigenvalue weighted by Crippen LogP contribution is -2.46. The molecule has 1 fully saturated rings. The van der Waals surface area contributed by atoms with Crippen molar-refractivity contribution >= 4 is 47.7 Å². The molecule has 0 bridgehead atoms. The lowest BCUT2D eigenvalue weighted by molar-refractivity contribution is -0.119. The smallest absolute Gasteiger partial charge is 0.251 e. The van der Waals surface area contributed by atoms with Gasteiger partial charge in [-0.15, -0.1) is 24.0 Å². The Bertz CT molecular complexity index is 738. The van der Waals surface area contributed by atoms with Crippen LogP contribution in [-0.4, -0.2) is 55.3 Å². The second kappa shape index (κ2) is 12.2. The summed E-state index contributed by atoms with van der Waals surface area (Å²) in [5.74, 6) is -0.172. The highest BCUT2D eigenvalue weighted by molar-refractivity contribution is 14.0. The van der Waals surface area contributed by atoms with Gasteiger partial charge in [0.1, 0.15) is 0 Å². The SMILES string of the molecule is CN=C(NCc1ccc(C(=O)NCC(N)=O)cc1)N1CCCC(CC(N)=O)C1.I. The molecule has 1 aliphatic heterocycles. The van der Waals surface area contributed by atoms with Gasteiger partial charge in [0.2, 0.25) is 11.8 Å². The minimum Gasteiger partial charge on any atom is -0.370 e. The van der Waals surface area contributed by atoms with Gasteiger partial charge in [0.15, 0.2) is 5.96 Å². The normalized spacial score (nSPS) is 16.5. The van der Waals surface area contributed by atoms with Gasteiger partial charge in [-0.1, -0.05) is 12.1 Å². The Kier molecular flexibility index (Phi) is 10.4. The molecule has 1 saturated heterocycles. The van der Waals surface area contributed by atoms with Crippen molar-refractivity contribution in [3.8, 4) is 0 Å². The van der Waals surface area contributed by atoms with Crippen LogP contribution >= 0.6 is 24.0 Å². The highest BCUT2D eigenvalue weighted by Crippen LogP contribution is 2.19. The monoisotopic (exact) mass is 516 g/mol. The third kappa shape index (κ3) is 8.26. The van der Waals surface area contributed by atoms with Crippen molar-refractivity contribution in [1.29, 1.82) is 0 Å². The number of rotatable bonds is 7. The summed E-state index contributed by atoms with van der Waals surface area (Å²) in [6.07, 6.45) is 2.39. The van der Waals surface area contributed by atoms with E-state index in [1.165, 1.54) is 0 Å². The molecule has 3 amide bonds. The molecule has 6 N–H and O–H groups in total. The Morgan fingerprint density at radius 1 is 1.14 bits per heavy atom. The number of benzene rings is 1. The minimum absolute atomic E-state index is 0. The molecule has 1 unspecified atom stereocenters. The van der Waals surface area contributed by atoms with E-state index in [9.17, 15) is 14.4 Å². The van der Waals surface area contributed by atoms with Crippen LogP contribution in [-0.2, 0) is 16.1 Å². The van der Waals surface area contributed by atoms with Gasteiger partial charge in [0.05, 0.1) is 6.54 Å². The van der Waals surface area contributed by atoms with Crippen LogP contribution in [0.4, 0.5) is 0 Å². The van der Waals surface area contributed by atoms with E-state index in [0.717, 1.165) is 37.5 Å². The van der Waals surface area contributed by atoms with Gasteiger partial charge in [-0.25, -0.2) is 0 Å². The lowest BCUT2D eigenvalue weighted by atomic mass is 9.95. The molecular formula is C19H29IN6O3. The average Bonchev–Trinajstić information content (AvgIpc) is 2.67. The Morgan fingerprint density at radius 3 is 2.41 bits per heavy atom. The summed E-state index contributed by atoms with van der Waals surface area (Å²) in [6.45, 7) is 1.99. The maximum atomic E-state index is 11.9. The molecule has 0 radical (unpaired) electrons. The van der Waals surface area contributed by atoms with Crippen molar-refractivity contribution in [2.75, 3.05) is 26.7 Å². The minimum atomic E-state index is -0.587. The van der Waals surface area contributed by atoms with Crippen molar-refractivity contribution < 1.29 is 14.4 Å². The van der Waals surface area contributed by atoms with Gasteiger partial charge in [-0.2, -0.15) is 0 Å². The van der Waals surface area contributed by atoms with Crippen LogP contribution in [0.2, 0.25) is 0 Å². The molecule has 2 rings (SSSR count). The van der Waals surface area contributed by atoms with Gasteiger partial charge in [0.25, 0.3) is 5.91 Å². The quantitative estimate of drug-likeness (QED) is 0.232. The number of piperidine rings is 1. The highest BCUT2D eigenvalue weighted by Gasteiger charge is 2.23. The van der Waals surface area contributed by atoms with Crippen LogP contribution in [0.25, 0.3) is 0 Å². The molecule has 0 aliphatic carbocycles. The molecule has 9 nitrogen and oxygen atoms in total. The van der Waals surface area contributed by atoms with Gasteiger partial charge >= 0.3 is 0 Å². The number of primary amides is 2. The zero-order valence-corrected chi connectivity index (χ0v) is 18.8. The zero-order chi connectivity index (χ0) is 20.5. The van der Waals surface area contributed by atoms with E-state index in [1.54, 1.807) is 19.2 Å². The number of carbonyl (C=O) groups is 3. The predicted octanol–water partition coefficient (Wildman–Crippen LogP) is 0.183. The summed E-state index contributed by atoms with van der Waals surface area (Å²) in [4.78, 5) is 40.3. The first-order valence-electron chi connectivity index (χ1n) is 9.28. The van der Waals surface area contributed by atoms with Crippen LogP contribution in [0, 0.1) is 5.92 Å². The fourth-order valence-electron chi connectivity index (χ4n) is 3.27. The van der Waals surface area contributed by atoms with Crippen molar-refractivity contribution in [3.05, 3.63) is 35.4 Å². The largest absolute Gasteiger partial charge is 0.370 e. The first-order chi connectivity index (χ1) is 13.4. The van der Waals surface area contributed by atoms with Gasteiger partial charge in [0, 0.05) is 38.7 Å². The molecule has 0 spiro atoms. The second-order valence-corrected chi connectivity index (χ2v) is 6.87. The number of guanidine groups is 1. The summed E-state index contributed by atoms with van der Waals surface area (Å²) in [6, 6.07) is 7.07. The lowest BCUT2D eigenvalue weighted by Gasteiger charge is -2.34. The van der Waals surface area contributed by atoms with Crippen LogP contribution in [0.15, 0.2) is 29.3 Å². The van der Waals surface area contributed by atoms with Crippen LogP contribution in [0.5, 0.6) is 0 Å². The number of aliphatic imine (C=N–C) groups is 1. The fourth-order valence-corrected chi connectivity index (χ4v) is 3.27. The van der Waals surface area contributed by atoms with E-state index in [2.05, 4.69) is 20.5 Å². The van der Waals surface area contributed by atoms with E-state index >= 15 is 0 Å². The third-order valence-corrected chi connectivity index (χ3v) is 4.61. The van der Waals surface area contributed by atoms with E-state index in [4.69, 9.17) is 11.5 Å². The third-order valence-electron chi connectivity index (χ3n) is 4.61. The summed E-state index contributed by atoms with van der Waals surface area (Å²) in [5.41, 5.74) is 11.8. The summed E-state index contributed by atoms with van der Waals surface area (Å²) >= 11 is 0. The number of hydrogen-bond donors (Lipinski definition) is 4. The first kappa shape index (κ1) is 24.7. The molecule has 0 saturated carbocycles. The number of amides is 3. The molecule has 10 heteroatoms. The van der Waals surface area contributed by atoms with Gasteiger partial charge in [-0.05, 0) is 36.5 Å². The molecule has 1 aromatic rings. The number of likely N-dealkylation sites (tertiary alicyclic amines) is 1. The summed E-state index contributed by atoms with van der Waals surface area (Å²) in [7, 11) is 1.73. The zero-order valence-electron chi connectivity index (χ0n) is 16.5. The number of nitrogens with one attached hydrogen (secondary N) is 2. The number of nitrogens with two attached hydrogens (primary N) is 2. The van der Waals surface area contributed by atoms with E-state index in [0.29, 0.717) is 18.5 Å². The molecule has 1 aromatic carbocycles. The van der Waals surface area contributed by atoms with Gasteiger partial charge in [-0.3, -0.25) is 19.4 Å². The summed E-state index contributed by atoms with van der Waals surface area (Å²) < 4.78 is 0. The van der Waals surface area contributed by atoms with Crippen molar-refractivity contribution in [1.82, 2.24) is 15.5 Å². The molecular weight excluding hydrogens is 487 g/mol. The first-order valence-corrected chi connectivity index (χ1v) is 9.28. The molecule has 1 heterocycles. The van der Waals surface area contributed by atoms with Crippen molar-refractivity contribution in [2.45, 2.75) is 25.8 Å². The van der Waals surface area contributed by atoms with Crippen LogP contribution in [0.1, 0.15) is 35.2 Å². The Balaban J connectivity index is 0.00000420. The van der Waals surface area contributed by atoms with E-state index in [-0.39, 0.29) is 48.3 Å². The van der Waals surface area contributed by atoms with Crippen molar-refractivity contribution in [2.24, 2.45) is 22.4 Å². The molecule has 29 heavy (non-hydrogen) atoms. The van der Waals surface area contributed by atoms with Gasteiger partial charge < -0.3 is 27.0 Å². The maximum Gasteiger partial charge on any atom is 0.251 e.